The fourth-order valence-electron chi connectivity index (χ4n) is 0.890. The van der Waals surface area contributed by atoms with E-state index in [1.54, 1.807) is 0 Å². The van der Waals surface area contributed by atoms with E-state index in [0.717, 1.165) is 5.70 Å². The third-order valence-corrected chi connectivity index (χ3v) is 2.59. The summed E-state index contributed by atoms with van der Waals surface area (Å²) >= 11 is 6.80. The summed E-state index contributed by atoms with van der Waals surface area (Å²) < 4.78 is 0. The monoisotopic (exact) mass is 192 g/mol. The van der Waals surface area contributed by atoms with E-state index >= 15 is 0 Å². The molecule has 0 aliphatic carbocycles. The van der Waals surface area contributed by atoms with E-state index in [2.05, 4.69) is 0 Å². The molecule has 1 aliphatic heterocycles. The molecule has 0 saturated carbocycles. The van der Waals surface area contributed by atoms with Crippen molar-refractivity contribution in [2.24, 2.45) is 5.73 Å². The number of thioether (sulfide) groups is 1. The van der Waals surface area contributed by atoms with Gasteiger partial charge in [0.15, 0.2) is 0 Å². The minimum absolute atomic E-state index is 0.0144. The van der Waals surface area contributed by atoms with Crippen molar-refractivity contribution >= 4 is 29.3 Å². The summed E-state index contributed by atoms with van der Waals surface area (Å²) in [6, 6.07) is 0. The second-order valence-electron chi connectivity index (χ2n) is 2.18. The summed E-state index contributed by atoms with van der Waals surface area (Å²) in [7, 11) is 0. The van der Waals surface area contributed by atoms with Crippen molar-refractivity contribution in [1.82, 2.24) is 4.90 Å². The largest absolute Gasteiger partial charge is 0.302 e. The van der Waals surface area contributed by atoms with Gasteiger partial charge in [-0.3, -0.25) is 9.69 Å². The molecule has 3 nitrogen and oxygen atoms in total. The van der Waals surface area contributed by atoms with Crippen molar-refractivity contribution in [2.45, 2.75) is 12.4 Å². The van der Waals surface area contributed by atoms with Crippen molar-refractivity contribution in [3.05, 3.63) is 11.1 Å². The molecule has 1 unspecified atom stereocenters. The molecule has 5 heteroatoms. The van der Waals surface area contributed by atoms with E-state index in [1.165, 1.54) is 16.7 Å². The lowest BCUT2D eigenvalue weighted by Gasteiger charge is -2.21. The van der Waals surface area contributed by atoms with E-state index in [4.69, 9.17) is 17.3 Å². The average Bonchev–Trinajstić information content (AvgIpc) is 2.30. The summed E-state index contributed by atoms with van der Waals surface area (Å²) in [5.41, 5.74) is 6.18. The number of hydrogen-bond donors (Lipinski definition) is 1. The van der Waals surface area contributed by atoms with Crippen LogP contribution in [0.15, 0.2) is 11.1 Å². The number of carbonyl (C=O) groups excluding carboxylic acids is 1. The highest BCUT2D eigenvalue weighted by molar-refractivity contribution is 8.02. The predicted molar refractivity (Wildman–Crippen MR) is 46.9 cm³/mol. The van der Waals surface area contributed by atoms with E-state index in [9.17, 15) is 4.79 Å². The second-order valence-corrected chi connectivity index (χ2v) is 3.44. The van der Waals surface area contributed by atoms with Gasteiger partial charge in [0.2, 0.25) is 5.91 Å². The molecule has 1 atom stereocenters. The summed E-state index contributed by atoms with van der Waals surface area (Å²) in [6.07, 6.45) is 0. The topological polar surface area (TPSA) is 46.3 Å². The van der Waals surface area contributed by atoms with Gasteiger partial charge >= 0.3 is 0 Å². The molecular formula is C6H9ClN2OS. The zero-order valence-corrected chi connectivity index (χ0v) is 7.65. The van der Waals surface area contributed by atoms with Gasteiger partial charge in [-0.2, -0.15) is 0 Å². The van der Waals surface area contributed by atoms with Gasteiger partial charge in [0.05, 0.1) is 0 Å². The molecule has 0 radical (unpaired) electrons. The molecule has 11 heavy (non-hydrogen) atoms. The van der Waals surface area contributed by atoms with Crippen LogP contribution < -0.4 is 5.73 Å². The Hall–Kier alpha value is -0.190. The van der Waals surface area contributed by atoms with E-state index in [0.29, 0.717) is 0 Å². The van der Waals surface area contributed by atoms with Crippen LogP contribution in [0.5, 0.6) is 0 Å². The Labute approximate surface area is 74.6 Å². The molecule has 0 aromatic heterocycles. The van der Waals surface area contributed by atoms with Crippen molar-refractivity contribution in [3.8, 4) is 0 Å². The number of allylic oxidation sites excluding steroid dienone is 1. The van der Waals surface area contributed by atoms with Gasteiger partial charge in [0.25, 0.3) is 0 Å². The first kappa shape index (κ1) is 8.90. The minimum atomic E-state index is -0.291. The lowest BCUT2D eigenvalue weighted by atomic mass is 10.4. The first-order valence-corrected chi connectivity index (χ1v) is 4.60. The number of alkyl halides is 1. The number of amides is 1. The van der Waals surface area contributed by atoms with E-state index in [-0.39, 0.29) is 17.3 Å². The van der Waals surface area contributed by atoms with Crippen molar-refractivity contribution < 1.29 is 4.79 Å². The Balaban J connectivity index is 2.70. The van der Waals surface area contributed by atoms with E-state index in [1.807, 2.05) is 12.3 Å². The smallest absolute Gasteiger partial charge is 0.243 e. The third-order valence-electron chi connectivity index (χ3n) is 1.40. The van der Waals surface area contributed by atoms with Crippen molar-refractivity contribution in [1.29, 1.82) is 0 Å². The average molecular weight is 193 g/mol. The predicted octanol–water partition coefficient (Wildman–Crippen LogP) is 0.904. The summed E-state index contributed by atoms with van der Waals surface area (Å²) in [5, 5.41) is 1.86. The molecule has 0 spiro atoms. The summed E-state index contributed by atoms with van der Waals surface area (Å²) in [5.74, 6) is -0.155. The maximum Gasteiger partial charge on any atom is 0.243 e. The van der Waals surface area contributed by atoms with Gasteiger partial charge in [-0.05, 0) is 12.3 Å². The Morgan fingerprint density at radius 2 is 2.64 bits per heavy atom. The van der Waals surface area contributed by atoms with Crippen LogP contribution in [0.2, 0.25) is 0 Å². The van der Waals surface area contributed by atoms with Gasteiger partial charge in [0.1, 0.15) is 11.4 Å². The van der Waals surface area contributed by atoms with Crippen LogP contribution >= 0.6 is 23.4 Å². The molecule has 1 aliphatic rings. The third kappa shape index (κ3) is 1.69. The van der Waals surface area contributed by atoms with E-state index < -0.39 is 0 Å². The zero-order valence-electron chi connectivity index (χ0n) is 6.08. The number of carbonyl (C=O) groups is 1. The Morgan fingerprint density at radius 3 is 3.00 bits per heavy atom. The quantitative estimate of drug-likeness (QED) is 0.629. The second kappa shape index (κ2) is 3.47. The van der Waals surface area contributed by atoms with Crippen molar-refractivity contribution in [2.75, 3.05) is 5.88 Å². The molecule has 0 bridgehead atoms. The lowest BCUT2D eigenvalue weighted by molar-refractivity contribution is -0.126. The molecule has 0 fully saturated rings. The Bertz CT molecular complexity index is 207. The van der Waals surface area contributed by atoms with Gasteiger partial charge in [-0.1, -0.05) is 11.8 Å². The van der Waals surface area contributed by atoms with Crippen LogP contribution in [0.1, 0.15) is 6.92 Å². The Morgan fingerprint density at radius 1 is 2.00 bits per heavy atom. The molecule has 1 rings (SSSR count). The molecule has 2 N–H and O–H groups in total. The van der Waals surface area contributed by atoms with Crippen LogP contribution in [-0.4, -0.2) is 22.2 Å². The summed E-state index contributed by atoms with van der Waals surface area (Å²) in [6.45, 7) is 1.84. The van der Waals surface area contributed by atoms with Crippen LogP contribution in [-0.2, 0) is 4.79 Å². The zero-order chi connectivity index (χ0) is 8.43. The number of nitrogens with two attached hydrogens (primary N) is 1. The highest BCUT2D eigenvalue weighted by Crippen LogP contribution is 2.26. The molecule has 62 valence electrons. The highest BCUT2D eigenvalue weighted by atomic mass is 35.5. The van der Waals surface area contributed by atoms with Crippen LogP contribution in [0.3, 0.4) is 0 Å². The molecule has 0 aromatic rings. The standard InChI is InChI=1S/C6H9ClN2OS/c1-4-3-11-6(8)9(4)5(10)2-7/h3,6H,2,8H2,1H3. The lowest BCUT2D eigenvalue weighted by Crippen LogP contribution is -2.40. The number of rotatable bonds is 1. The maximum atomic E-state index is 11.1. The van der Waals surface area contributed by atoms with Crippen LogP contribution in [0.25, 0.3) is 0 Å². The van der Waals surface area contributed by atoms with Crippen LogP contribution in [0.4, 0.5) is 0 Å². The summed E-state index contributed by atoms with van der Waals surface area (Å²) in [4.78, 5) is 12.6. The molecular weight excluding hydrogens is 184 g/mol. The number of nitrogens with zero attached hydrogens (tertiary/aromatic N) is 1. The van der Waals surface area contributed by atoms with Crippen molar-refractivity contribution in [3.63, 3.8) is 0 Å². The van der Waals surface area contributed by atoms with Gasteiger partial charge < -0.3 is 5.73 Å². The minimum Gasteiger partial charge on any atom is -0.302 e. The fourth-order valence-corrected chi connectivity index (χ4v) is 1.87. The molecule has 1 amide bonds. The number of hydrogen-bond acceptors (Lipinski definition) is 3. The molecule has 1 heterocycles. The SMILES string of the molecule is CC1=CSC(N)N1C(=O)CCl. The Kier molecular flexibility index (Phi) is 2.81. The first-order chi connectivity index (χ1) is 5.16. The molecule has 0 saturated heterocycles. The fraction of sp³-hybridized carbons (Fsp3) is 0.500. The molecule has 0 aromatic carbocycles. The highest BCUT2D eigenvalue weighted by Gasteiger charge is 2.25. The maximum absolute atomic E-state index is 11.1. The van der Waals surface area contributed by atoms with Gasteiger partial charge in [-0.25, -0.2) is 0 Å². The van der Waals surface area contributed by atoms with Gasteiger partial charge in [-0.15, -0.1) is 11.6 Å². The first-order valence-electron chi connectivity index (χ1n) is 3.12. The van der Waals surface area contributed by atoms with Crippen LogP contribution in [0, 0.1) is 0 Å². The number of halogens is 1. The normalized spacial score (nSPS) is 23.7. The van der Waals surface area contributed by atoms with Gasteiger partial charge in [0, 0.05) is 5.70 Å².